The Morgan fingerprint density at radius 2 is 2.05 bits per heavy atom. The Balaban J connectivity index is 2.06. The second-order valence-electron chi connectivity index (χ2n) is 4.87. The summed E-state index contributed by atoms with van der Waals surface area (Å²) in [5.74, 6) is 4.83. The molecule has 0 aliphatic rings. The number of nitrogens with one attached hydrogen (secondary N) is 1. The van der Waals surface area contributed by atoms with Gasteiger partial charge in [-0.3, -0.25) is 10.2 Å². The zero-order valence-electron chi connectivity index (χ0n) is 11.8. The van der Waals surface area contributed by atoms with Crippen molar-refractivity contribution in [2.75, 3.05) is 13.6 Å². The average Bonchev–Trinajstić information content (AvgIpc) is 2.90. The van der Waals surface area contributed by atoms with E-state index < -0.39 is 0 Å². The lowest BCUT2D eigenvalue weighted by Gasteiger charge is -2.22. The van der Waals surface area contributed by atoms with Crippen LogP contribution in [-0.2, 0) is 11.3 Å². The molecule has 1 atom stereocenters. The molecular weight excluding hydrogens is 306 g/mol. The van der Waals surface area contributed by atoms with Gasteiger partial charge in [0.1, 0.15) is 0 Å². The number of amides is 1. The normalized spacial score (nSPS) is 12.4. The number of halogens is 1. The number of hydrogen-bond donors (Lipinski definition) is 2. The molecule has 0 saturated heterocycles. The summed E-state index contributed by atoms with van der Waals surface area (Å²) in [5, 5.41) is 0. The van der Waals surface area contributed by atoms with Gasteiger partial charge in [-0.2, -0.15) is 0 Å². The second-order valence-corrected chi connectivity index (χ2v) is 6.67. The van der Waals surface area contributed by atoms with Crippen LogP contribution in [0.3, 0.4) is 0 Å². The van der Waals surface area contributed by atoms with Gasteiger partial charge in [-0.15, -0.1) is 11.3 Å². The molecule has 0 aliphatic heterocycles. The zero-order valence-corrected chi connectivity index (χ0v) is 13.3. The van der Waals surface area contributed by atoms with Gasteiger partial charge >= 0.3 is 0 Å². The molecule has 0 fully saturated rings. The van der Waals surface area contributed by atoms with Gasteiger partial charge in [-0.25, -0.2) is 5.84 Å². The Bertz CT molecular complexity index is 588. The number of nitrogens with two attached hydrogens (primary N) is 1. The first-order valence-corrected chi connectivity index (χ1v) is 7.77. The molecule has 0 radical (unpaired) electrons. The van der Waals surface area contributed by atoms with E-state index in [0.29, 0.717) is 6.54 Å². The third-order valence-corrected chi connectivity index (χ3v) is 4.43. The predicted molar refractivity (Wildman–Crippen MR) is 87.2 cm³/mol. The molecule has 1 aromatic carbocycles. The summed E-state index contributed by atoms with van der Waals surface area (Å²) in [6, 6.07) is 13.5. The van der Waals surface area contributed by atoms with E-state index in [-0.39, 0.29) is 11.8 Å². The summed E-state index contributed by atoms with van der Waals surface area (Å²) in [5.41, 5.74) is 3.21. The smallest absolute Gasteiger partial charge is 0.242 e. The van der Waals surface area contributed by atoms with Crippen molar-refractivity contribution in [2.24, 2.45) is 5.84 Å². The number of carbonyl (C=O) groups is 1. The fourth-order valence-corrected chi connectivity index (χ4v) is 3.37. The summed E-state index contributed by atoms with van der Waals surface area (Å²) in [4.78, 5) is 15.3. The number of hydrazine groups is 1. The highest BCUT2D eigenvalue weighted by molar-refractivity contribution is 7.16. The van der Waals surface area contributed by atoms with Gasteiger partial charge in [-0.05, 0) is 24.7 Å². The maximum Gasteiger partial charge on any atom is 0.242 e. The van der Waals surface area contributed by atoms with E-state index in [1.165, 1.54) is 4.88 Å². The minimum Gasteiger partial charge on any atom is -0.300 e. The number of rotatable bonds is 6. The molecule has 0 bridgehead atoms. The average molecular weight is 324 g/mol. The maximum absolute atomic E-state index is 12.0. The molecule has 4 nitrogen and oxygen atoms in total. The topological polar surface area (TPSA) is 58.4 Å². The molecule has 1 amide bonds. The SMILES string of the molecule is CN(Cc1ccc(Cl)s1)CC(C(=O)NN)c1ccccc1. The fourth-order valence-electron chi connectivity index (χ4n) is 2.20. The van der Waals surface area contributed by atoms with Crippen molar-refractivity contribution in [1.82, 2.24) is 10.3 Å². The van der Waals surface area contributed by atoms with Crippen molar-refractivity contribution in [1.29, 1.82) is 0 Å². The fraction of sp³-hybridized carbons (Fsp3) is 0.267. The Labute approximate surface area is 133 Å². The molecule has 3 N–H and O–H groups in total. The molecule has 1 heterocycles. The first-order chi connectivity index (χ1) is 10.1. The first-order valence-electron chi connectivity index (χ1n) is 6.58. The lowest BCUT2D eigenvalue weighted by molar-refractivity contribution is -0.123. The van der Waals surface area contributed by atoms with Crippen molar-refractivity contribution < 1.29 is 4.79 Å². The maximum atomic E-state index is 12.0. The first kappa shape index (κ1) is 16.0. The van der Waals surface area contributed by atoms with E-state index in [9.17, 15) is 4.79 Å². The predicted octanol–water partition coefficient (Wildman–Crippen LogP) is 2.61. The number of benzene rings is 1. The second kappa shape index (κ2) is 7.56. The quantitative estimate of drug-likeness (QED) is 0.488. The van der Waals surface area contributed by atoms with Crippen LogP contribution >= 0.6 is 22.9 Å². The minimum absolute atomic E-state index is 0.183. The van der Waals surface area contributed by atoms with Gasteiger partial charge in [0, 0.05) is 18.0 Å². The standard InChI is InChI=1S/C15H18ClN3OS/c1-19(9-12-7-8-14(16)21-12)10-13(15(20)18-17)11-5-3-2-4-6-11/h2-8,13H,9-10,17H2,1H3,(H,18,20). The highest BCUT2D eigenvalue weighted by atomic mass is 35.5. The van der Waals surface area contributed by atoms with Gasteiger partial charge in [-0.1, -0.05) is 41.9 Å². The van der Waals surface area contributed by atoms with Crippen LogP contribution in [0.15, 0.2) is 42.5 Å². The van der Waals surface area contributed by atoms with Crippen LogP contribution in [0, 0.1) is 0 Å². The molecule has 2 rings (SSSR count). The number of likely N-dealkylation sites (N-methyl/N-ethyl adjacent to an activating group) is 1. The molecule has 0 aliphatic carbocycles. The van der Waals surface area contributed by atoms with E-state index >= 15 is 0 Å². The third-order valence-electron chi connectivity index (χ3n) is 3.21. The largest absolute Gasteiger partial charge is 0.300 e. The van der Waals surface area contributed by atoms with Gasteiger partial charge in [0.25, 0.3) is 0 Å². The summed E-state index contributed by atoms with van der Waals surface area (Å²) in [6.07, 6.45) is 0. The Morgan fingerprint density at radius 3 is 2.62 bits per heavy atom. The van der Waals surface area contributed by atoms with Crippen molar-refractivity contribution in [3.05, 3.63) is 57.2 Å². The van der Waals surface area contributed by atoms with Crippen LogP contribution in [0.2, 0.25) is 4.34 Å². The van der Waals surface area contributed by atoms with E-state index in [4.69, 9.17) is 17.4 Å². The van der Waals surface area contributed by atoms with E-state index in [0.717, 1.165) is 16.4 Å². The van der Waals surface area contributed by atoms with Crippen LogP contribution in [0.1, 0.15) is 16.4 Å². The molecule has 0 spiro atoms. The highest BCUT2D eigenvalue weighted by Gasteiger charge is 2.21. The number of thiophene rings is 1. The third kappa shape index (κ3) is 4.54. The number of hydrogen-bond acceptors (Lipinski definition) is 4. The van der Waals surface area contributed by atoms with E-state index in [1.807, 2.05) is 49.5 Å². The lowest BCUT2D eigenvalue weighted by atomic mass is 9.98. The molecule has 112 valence electrons. The monoisotopic (exact) mass is 323 g/mol. The van der Waals surface area contributed by atoms with Gasteiger partial charge < -0.3 is 4.90 Å². The number of carbonyl (C=O) groups excluding carboxylic acids is 1. The van der Waals surface area contributed by atoms with Crippen molar-refractivity contribution in [3.8, 4) is 0 Å². The summed E-state index contributed by atoms with van der Waals surface area (Å²) in [7, 11) is 1.98. The summed E-state index contributed by atoms with van der Waals surface area (Å²) >= 11 is 7.49. The van der Waals surface area contributed by atoms with Crippen molar-refractivity contribution in [3.63, 3.8) is 0 Å². The Hall–Kier alpha value is -1.40. The molecular formula is C15H18ClN3OS. The van der Waals surface area contributed by atoms with Crippen LogP contribution in [-0.4, -0.2) is 24.4 Å². The van der Waals surface area contributed by atoms with Crippen molar-refractivity contribution in [2.45, 2.75) is 12.5 Å². The van der Waals surface area contributed by atoms with E-state index in [1.54, 1.807) is 11.3 Å². The van der Waals surface area contributed by atoms with Gasteiger partial charge in [0.15, 0.2) is 0 Å². The highest BCUT2D eigenvalue weighted by Crippen LogP contribution is 2.23. The van der Waals surface area contributed by atoms with E-state index in [2.05, 4.69) is 10.3 Å². The molecule has 1 aromatic heterocycles. The molecule has 2 aromatic rings. The van der Waals surface area contributed by atoms with Gasteiger partial charge in [0.2, 0.25) is 5.91 Å². The molecule has 1 unspecified atom stereocenters. The van der Waals surface area contributed by atoms with Crippen LogP contribution in [0.25, 0.3) is 0 Å². The zero-order chi connectivity index (χ0) is 15.2. The molecule has 6 heteroatoms. The van der Waals surface area contributed by atoms with Crippen LogP contribution in [0.5, 0.6) is 0 Å². The Kier molecular flexibility index (Phi) is 5.76. The van der Waals surface area contributed by atoms with Crippen LogP contribution < -0.4 is 11.3 Å². The summed E-state index contributed by atoms with van der Waals surface area (Å²) in [6.45, 7) is 1.33. The number of nitrogens with zero attached hydrogens (tertiary/aromatic N) is 1. The lowest BCUT2D eigenvalue weighted by Crippen LogP contribution is -2.39. The molecule has 21 heavy (non-hydrogen) atoms. The molecule has 0 saturated carbocycles. The minimum atomic E-state index is -0.295. The van der Waals surface area contributed by atoms with Gasteiger partial charge in [0.05, 0.1) is 10.3 Å². The van der Waals surface area contributed by atoms with Crippen molar-refractivity contribution >= 4 is 28.8 Å². The summed E-state index contributed by atoms with van der Waals surface area (Å²) < 4.78 is 0.776. The van der Waals surface area contributed by atoms with Crippen LogP contribution in [0.4, 0.5) is 0 Å². The Morgan fingerprint density at radius 1 is 1.33 bits per heavy atom.